The Morgan fingerprint density at radius 3 is 2.68 bits per heavy atom. The van der Waals surface area contributed by atoms with Gasteiger partial charge in [-0.05, 0) is 56.6 Å². The Labute approximate surface area is 258 Å². The van der Waals surface area contributed by atoms with E-state index in [1.165, 1.54) is 4.90 Å². The summed E-state index contributed by atoms with van der Waals surface area (Å²) in [5, 5.41) is 19.0. The van der Waals surface area contributed by atoms with Crippen LogP contribution in [0.15, 0.2) is 49.6 Å². The van der Waals surface area contributed by atoms with Gasteiger partial charge in [0.05, 0.1) is 36.3 Å². The fourth-order valence-electron chi connectivity index (χ4n) is 7.65. The van der Waals surface area contributed by atoms with Crippen LogP contribution in [0.25, 0.3) is 11.0 Å². The molecule has 11 heteroatoms. The molecule has 1 aromatic heterocycles. The SMILES string of the molecule is C=CCCCCOC(=O)[C@@H]1[C@H]2C(=O)N([C@@H](CO)C(C)C)C(C(=O)N(CC=C)Cn3nnc4ccccc43)C23CC[C@@]1(CC)O3. The van der Waals surface area contributed by atoms with Crippen molar-refractivity contribution in [3.63, 3.8) is 0 Å². The van der Waals surface area contributed by atoms with Crippen LogP contribution in [0.1, 0.15) is 59.3 Å². The first-order valence-corrected chi connectivity index (χ1v) is 15.8. The molecule has 3 aliphatic heterocycles. The van der Waals surface area contributed by atoms with Crippen LogP contribution in [0.5, 0.6) is 0 Å². The minimum absolute atomic E-state index is 0.0746. The molecule has 44 heavy (non-hydrogen) atoms. The summed E-state index contributed by atoms with van der Waals surface area (Å²) in [5.74, 6) is -3.03. The second kappa shape index (κ2) is 12.8. The maximum Gasteiger partial charge on any atom is 0.312 e. The van der Waals surface area contributed by atoms with Crippen LogP contribution >= 0.6 is 0 Å². The molecule has 6 atom stereocenters. The third-order valence-electron chi connectivity index (χ3n) is 9.85. The highest BCUT2D eigenvalue weighted by atomic mass is 16.6. The zero-order valence-corrected chi connectivity index (χ0v) is 26.1. The predicted octanol–water partition coefficient (Wildman–Crippen LogP) is 3.47. The van der Waals surface area contributed by atoms with Crippen molar-refractivity contribution >= 4 is 28.8 Å². The van der Waals surface area contributed by atoms with E-state index in [2.05, 4.69) is 23.5 Å². The molecule has 1 N–H and O–H groups in total. The van der Waals surface area contributed by atoms with Gasteiger partial charge in [-0.15, -0.1) is 18.3 Å². The predicted molar refractivity (Wildman–Crippen MR) is 164 cm³/mol. The number of aliphatic hydroxyl groups is 1. The number of amides is 2. The summed E-state index contributed by atoms with van der Waals surface area (Å²) in [6.45, 7) is 13.6. The van der Waals surface area contributed by atoms with Crippen LogP contribution in [-0.2, 0) is 30.5 Å². The largest absolute Gasteiger partial charge is 0.465 e. The maximum absolute atomic E-state index is 14.8. The molecule has 3 aliphatic rings. The number of aromatic nitrogens is 3. The van der Waals surface area contributed by atoms with Gasteiger partial charge in [-0.2, -0.15) is 0 Å². The number of likely N-dealkylation sites (tertiary alicyclic amines) is 1. The van der Waals surface area contributed by atoms with Crippen molar-refractivity contribution in [2.75, 3.05) is 19.8 Å². The Morgan fingerprint density at radius 2 is 2.00 bits per heavy atom. The molecule has 0 saturated carbocycles. The summed E-state index contributed by atoms with van der Waals surface area (Å²) in [6, 6.07) is 5.79. The van der Waals surface area contributed by atoms with Crippen molar-refractivity contribution in [3.05, 3.63) is 49.6 Å². The van der Waals surface area contributed by atoms with Crippen molar-refractivity contribution in [2.45, 2.75) is 89.3 Å². The van der Waals surface area contributed by atoms with Crippen LogP contribution in [0, 0.1) is 17.8 Å². The molecule has 3 saturated heterocycles. The number of hydrogen-bond donors (Lipinski definition) is 1. The van der Waals surface area contributed by atoms with E-state index in [-0.39, 0.29) is 44.2 Å². The molecule has 4 heterocycles. The van der Waals surface area contributed by atoms with Gasteiger partial charge in [0.1, 0.15) is 29.7 Å². The molecule has 2 bridgehead atoms. The number of hydrogen-bond acceptors (Lipinski definition) is 8. The number of carbonyl (C=O) groups excluding carboxylic acids is 3. The second-order valence-corrected chi connectivity index (χ2v) is 12.6. The fourth-order valence-corrected chi connectivity index (χ4v) is 7.65. The molecule has 238 valence electrons. The van der Waals surface area contributed by atoms with Crippen molar-refractivity contribution in [2.24, 2.45) is 17.8 Å². The van der Waals surface area contributed by atoms with Crippen LogP contribution in [0.3, 0.4) is 0 Å². The van der Waals surface area contributed by atoms with Gasteiger partial charge in [-0.3, -0.25) is 14.4 Å². The van der Waals surface area contributed by atoms with Gasteiger partial charge < -0.3 is 24.4 Å². The van der Waals surface area contributed by atoms with Gasteiger partial charge in [0, 0.05) is 6.54 Å². The molecule has 2 unspecified atom stereocenters. The number of allylic oxidation sites excluding steroid dienone is 1. The molecule has 3 fully saturated rings. The zero-order valence-electron chi connectivity index (χ0n) is 26.1. The van der Waals surface area contributed by atoms with E-state index in [1.807, 2.05) is 51.1 Å². The van der Waals surface area contributed by atoms with Gasteiger partial charge >= 0.3 is 5.97 Å². The number of benzene rings is 1. The third kappa shape index (κ3) is 5.13. The topological polar surface area (TPSA) is 127 Å². The quantitative estimate of drug-likeness (QED) is 0.185. The Balaban J connectivity index is 1.53. The number of carbonyl (C=O) groups is 3. The van der Waals surface area contributed by atoms with Crippen molar-refractivity contribution in [1.29, 1.82) is 0 Å². The van der Waals surface area contributed by atoms with Gasteiger partial charge in [0.15, 0.2) is 0 Å². The van der Waals surface area contributed by atoms with E-state index >= 15 is 0 Å². The number of nitrogens with zero attached hydrogens (tertiary/aromatic N) is 5. The number of esters is 1. The first kappa shape index (κ1) is 31.8. The number of ether oxygens (including phenoxy) is 2. The van der Waals surface area contributed by atoms with Gasteiger partial charge in [0.25, 0.3) is 0 Å². The summed E-state index contributed by atoms with van der Waals surface area (Å²) >= 11 is 0. The van der Waals surface area contributed by atoms with Crippen LogP contribution < -0.4 is 0 Å². The molecule has 0 radical (unpaired) electrons. The normalized spacial score (nSPS) is 28.0. The molecule has 11 nitrogen and oxygen atoms in total. The van der Waals surface area contributed by atoms with Crippen molar-refractivity contribution in [1.82, 2.24) is 24.8 Å². The highest BCUT2D eigenvalue weighted by molar-refractivity contribution is 5.98. The number of unbranched alkanes of at least 4 members (excludes halogenated alkanes) is 2. The van der Waals surface area contributed by atoms with Crippen molar-refractivity contribution in [3.8, 4) is 0 Å². The smallest absolute Gasteiger partial charge is 0.312 e. The van der Waals surface area contributed by atoms with Crippen LogP contribution in [-0.4, -0.2) is 90.7 Å². The van der Waals surface area contributed by atoms with E-state index in [0.29, 0.717) is 31.2 Å². The van der Waals surface area contributed by atoms with Crippen molar-refractivity contribution < 1.29 is 29.0 Å². The average molecular weight is 608 g/mol. The molecule has 2 aromatic rings. The number of aliphatic hydroxyl groups excluding tert-OH is 1. The zero-order chi connectivity index (χ0) is 31.6. The average Bonchev–Trinajstić information content (AvgIpc) is 3.74. The minimum atomic E-state index is -1.23. The first-order chi connectivity index (χ1) is 21.2. The number of rotatable bonds is 15. The minimum Gasteiger partial charge on any atom is -0.465 e. The van der Waals surface area contributed by atoms with E-state index in [4.69, 9.17) is 9.47 Å². The lowest BCUT2D eigenvalue weighted by Gasteiger charge is -2.40. The van der Waals surface area contributed by atoms with E-state index < -0.39 is 41.1 Å². The molecule has 1 aromatic carbocycles. The van der Waals surface area contributed by atoms with Gasteiger partial charge in [-0.1, -0.05) is 50.3 Å². The Kier molecular flexibility index (Phi) is 9.27. The third-order valence-corrected chi connectivity index (χ3v) is 9.85. The monoisotopic (exact) mass is 607 g/mol. The second-order valence-electron chi connectivity index (χ2n) is 12.6. The Hall–Kier alpha value is -3.57. The highest BCUT2D eigenvalue weighted by Gasteiger charge is 2.79. The van der Waals surface area contributed by atoms with E-state index in [0.717, 1.165) is 18.4 Å². The van der Waals surface area contributed by atoms with Gasteiger partial charge in [-0.25, -0.2) is 4.68 Å². The molecule has 1 spiro atoms. The highest BCUT2D eigenvalue weighted by Crippen LogP contribution is 2.65. The van der Waals surface area contributed by atoms with Crippen LogP contribution in [0.4, 0.5) is 0 Å². The molecule has 5 rings (SSSR count). The number of fused-ring (bicyclic) bond motifs is 2. The Morgan fingerprint density at radius 1 is 1.23 bits per heavy atom. The molecular weight excluding hydrogens is 562 g/mol. The summed E-state index contributed by atoms with van der Waals surface area (Å²) in [6.07, 6.45) is 7.30. The lowest BCUT2D eigenvalue weighted by atomic mass is 9.65. The summed E-state index contributed by atoms with van der Waals surface area (Å²) in [4.78, 5) is 46.2. The molecule has 0 aliphatic carbocycles. The summed E-state index contributed by atoms with van der Waals surface area (Å²) < 4.78 is 14.3. The fraction of sp³-hybridized carbons (Fsp3) is 0.606. The van der Waals surface area contributed by atoms with Crippen LogP contribution in [0.2, 0.25) is 0 Å². The molecular formula is C33H45N5O6. The standard InChI is InChI=1S/C33H45N5O6/c1-6-9-10-13-19-43-31(42)27-26-29(40)38(25(20-39)22(4)5)28(33(26)17-16-32(27,8-3)44-33)30(41)36(18-7-2)21-37-24-15-12-11-14-23(24)34-35-37/h6-7,11-12,14-15,22,25-28,39H,1-2,8-10,13,16-21H2,3-5H3/t25-,26-,27-,28?,32+,33?/m0/s1. The lowest BCUT2D eigenvalue weighted by Crippen LogP contribution is -2.59. The van der Waals surface area contributed by atoms with E-state index in [1.54, 1.807) is 15.7 Å². The lowest BCUT2D eigenvalue weighted by molar-refractivity contribution is -0.164. The molecule has 2 amide bonds. The summed E-state index contributed by atoms with van der Waals surface area (Å²) in [5.41, 5.74) is -0.674. The number of para-hydroxylation sites is 1. The maximum atomic E-state index is 14.8. The van der Waals surface area contributed by atoms with E-state index in [9.17, 15) is 19.5 Å². The Bertz CT molecular complexity index is 1410. The first-order valence-electron chi connectivity index (χ1n) is 15.8. The summed E-state index contributed by atoms with van der Waals surface area (Å²) in [7, 11) is 0. The van der Waals surface area contributed by atoms with Gasteiger partial charge in [0.2, 0.25) is 11.8 Å².